The van der Waals surface area contributed by atoms with Crippen molar-refractivity contribution in [2.75, 3.05) is 0 Å². The highest BCUT2D eigenvalue weighted by atomic mass is 16.4. The zero-order chi connectivity index (χ0) is 10.2. The molecule has 0 atom stereocenters. The maximum absolute atomic E-state index is 11.3. The number of nitrogens with one attached hydrogen (secondary N) is 1. The summed E-state index contributed by atoms with van der Waals surface area (Å²) in [4.78, 5) is 22.0. The second-order valence-electron chi connectivity index (χ2n) is 3.68. The first-order chi connectivity index (χ1) is 6.64. The van der Waals surface area contributed by atoms with Gasteiger partial charge in [0.25, 0.3) is 0 Å². The van der Waals surface area contributed by atoms with Crippen LogP contribution in [0.3, 0.4) is 0 Å². The van der Waals surface area contributed by atoms with Crippen molar-refractivity contribution in [3.05, 3.63) is 16.8 Å². The van der Waals surface area contributed by atoms with Crippen molar-refractivity contribution in [2.45, 2.75) is 31.2 Å². The van der Waals surface area contributed by atoms with E-state index in [9.17, 15) is 9.59 Å². The Kier molecular flexibility index (Phi) is 1.90. The summed E-state index contributed by atoms with van der Waals surface area (Å²) in [7, 11) is 0. The summed E-state index contributed by atoms with van der Waals surface area (Å²) in [5, 5.41) is 14.6. The molecule has 1 aliphatic rings. The highest BCUT2D eigenvalue weighted by Crippen LogP contribution is 2.40. The minimum atomic E-state index is -0.877. The monoisotopic (exact) mass is 197 g/mol. The Labute approximate surface area is 79.6 Å². The number of nitrogens with zero attached hydrogens (tertiary/aromatic N) is 2. The van der Waals surface area contributed by atoms with Crippen molar-refractivity contribution in [3.8, 4) is 0 Å². The molecule has 0 aromatic carbocycles. The number of rotatable bonds is 3. The Hall–Kier alpha value is -1.59. The van der Waals surface area contributed by atoms with Gasteiger partial charge in [0.15, 0.2) is 0 Å². The summed E-state index contributed by atoms with van der Waals surface area (Å²) in [6.07, 6.45) is 3.80. The molecule has 0 saturated heterocycles. The van der Waals surface area contributed by atoms with E-state index in [2.05, 4.69) is 10.2 Å². The molecule has 1 heterocycles. The maximum atomic E-state index is 11.3. The van der Waals surface area contributed by atoms with Crippen LogP contribution in [0.4, 0.5) is 0 Å². The zero-order valence-electron chi connectivity index (χ0n) is 7.56. The molecule has 0 aliphatic heterocycles. The van der Waals surface area contributed by atoms with E-state index in [-0.39, 0.29) is 12.1 Å². The van der Waals surface area contributed by atoms with Crippen LogP contribution in [-0.4, -0.2) is 25.8 Å². The van der Waals surface area contributed by atoms with Gasteiger partial charge in [-0.05, 0) is 19.3 Å². The number of aromatic nitrogens is 3. The number of carboxylic acids is 1. The second-order valence-corrected chi connectivity index (χ2v) is 3.68. The molecule has 1 saturated carbocycles. The van der Waals surface area contributed by atoms with Crippen LogP contribution >= 0.6 is 0 Å². The van der Waals surface area contributed by atoms with E-state index in [1.54, 1.807) is 0 Å². The molecule has 6 heteroatoms. The van der Waals surface area contributed by atoms with Gasteiger partial charge in [-0.1, -0.05) is 0 Å². The molecule has 0 spiro atoms. The third-order valence-electron chi connectivity index (χ3n) is 2.83. The first-order valence-corrected chi connectivity index (χ1v) is 4.48. The highest BCUT2D eigenvalue weighted by molar-refractivity contribution is 5.68. The van der Waals surface area contributed by atoms with Crippen LogP contribution in [0, 0.1) is 0 Å². The molecule has 0 amide bonds. The van der Waals surface area contributed by atoms with Crippen molar-refractivity contribution >= 4 is 5.97 Å². The third-order valence-corrected chi connectivity index (χ3v) is 2.83. The molecule has 1 aromatic rings. The summed E-state index contributed by atoms with van der Waals surface area (Å²) in [5.41, 5.74) is -0.860. The van der Waals surface area contributed by atoms with Gasteiger partial charge in [0.2, 0.25) is 0 Å². The van der Waals surface area contributed by atoms with E-state index < -0.39 is 11.5 Å². The van der Waals surface area contributed by atoms with Gasteiger partial charge in [-0.3, -0.25) is 9.36 Å². The number of carbonyl (C=O) groups is 1. The molecule has 2 rings (SSSR count). The highest BCUT2D eigenvalue weighted by Gasteiger charge is 2.41. The fourth-order valence-corrected chi connectivity index (χ4v) is 1.96. The SMILES string of the molecule is O=C(O)CC1(n2cn[nH]c2=O)CCC1. The average Bonchev–Trinajstić information content (AvgIpc) is 2.44. The van der Waals surface area contributed by atoms with Gasteiger partial charge in [0.1, 0.15) is 6.33 Å². The molecule has 14 heavy (non-hydrogen) atoms. The van der Waals surface area contributed by atoms with Crippen molar-refractivity contribution in [1.82, 2.24) is 14.8 Å². The molecule has 2 N–H and O–H groups in total. The van der Waals surface area contributed by atoms with Crippen LogP contribution in [0.25, 0.3) is 0 Å². The van der Waals surface area contributed by atoms with E-state index in [0.29, 0.717) is 0 Å². The first kappa shape index (κ1) is 8.98. The number of H-pyrrole nitrogens is 1. The number of hydrogen-bond donors (Lipinski definition) is 2. The fourth-order valence-electron chi connectivity index (χ4n) is 1.96. The van der Waals surface area contributed by atoms with Gasteiger partial charge in [0.05, 0.1) is 12.0 Å². The van der Waals surface area contributed by atoms with E-state index in [0.717, 1.165) is 19.3 Å². The van der Waals surface area contributed by atoms with Crippen LogP contribution < -0.4 is 5.69 Å². The quantitative estimate of drug-likeness (QED) is 0.709. The van der Waals surface area contributed by atoms with Crippen LogP contribution in [0.2, 0.25) is 0 Å². The van der Waals surface area contributed by atoms with Gasteiger partial charge in [-0.25, -0.2) is 9.89 Å². The molecular weight excluding hydrogens is 186 g/mol. The normalized spacial score (nSPS) is 18.9. The standard InChI is InChI=1S/C8H11N3O3/c12-6(13)4-8(2-1-3-8)11-5-9-10-7(11)14/h5H,1-4H2,(H,10,14)(H,12,13). The number of carboxylic acid groups (broad SMARTS) is 1. The molecule has 0 unspecified atom stereocenters. The molecule has 0 radical (unpaired) electrons. The second kappa shape index (κ2) is 2.97. The Morgan fingerprint density at radius 3 is 2.79 bits per heavy atom. The minimum Gasteiger partial charge on any atom is -0.481 e. The van der Waals surface area contributed by atoms with Gasteiger partial charge in [-0.2, -0.15) is 5.10 Å². The van der Waals surface area contributed by atoms with E-state index in [1.165, 1.54) is 10.9 Å². The summed E-state index contributed by atoms with van der Waals surface area (Å²) in [5.74, 6) is -0.877. The number of hydrogen-bond acceptors (Lipinski definition) is 3. The van der Waals surface area contributed by atoms with Crippen LogP contribution in [0.5, 0.6) is 0 Å². The largest absolute Gasteiger partial charge is 0.481 e. The van der Waals surface area contributed by atoms with Gasteiger partial charge >= 0.3 is 11.7 Å². The van der Waals surface area contributed by atoms with Crippen LogP contribution in [0.1, 0.15) is 25.7 Å². The lowest BCUT2D eigenvalue weighted by Crippen LogP contribution is -2.46. The fraction of sp³-hybridized carbons (Fsp3) is 0.625. The van der Waals surface area contributed by atoms with E-state index in [1.807, 2.05) is 0 Å². The Morgan fingerprint density at radius 1 is 1.71 bits per heavy atom. The molecule has 1 aliphatic carbocycles. The van der Waals surface area contributed by atoms with E-state index in [4.69, 9.17) is 5.11 Å². The summed E-state index contributed by atoms with van der Waals surface area (Å²) >= 11 is 0. The maximum Gasteiger partial charge on any atom is 0.343 e. The zero-order valence-corrected chi connectivity index (χ0v) is 7.56. The van der Waals surface area contributed by atoms with Gasteiger partial charge in [0, 0.05) is 0 Å². The Bertz CT molecular complexity index is 402. The molecular formula is C8H11N3O3. The lowest BCUT2D eigenvalue weighted by Gasteiger charge is -2.40. The van der Waals surface area contributed by atoms with Crippen LogP contribution in [0.15, 0.2) is 11.1 Å². The first-order valence-electron chi connectivity index (χ1n) is 4.48. The Balaban J connectivity index is 2.33. The number of aliphatic carboxylic acids is 1. The summed E-state index contributed by atoms with van der Waals surface area (Å²) in [6, 6.07) is 0. The molecule has 1 fully saturated rings. The van der Waals surface area contributed by atoms with Crippen molar-refractivity contribution in [3.63, 3.8) is 0 Å². The third kappa shape index (κ3) is 1.23. The topological polar surface area (TPSA) is 88.0 Å². The predicted octanol–water partition coefficient (Wildman–Crippen LogP) is -0.0747. The van der Waals surface area contributed by atoms with Crippen molar-refractivity contribution < 1.29 is 9.90 Å². The predicted molar refractivity (Wildman–Crippen MR) is 46.9 cm³/mol. The molecule has 1 aromatic heterocycles. The van der Waals surface area contributed by atoms with Crippen molar-refractivity contribution in [2.24, 2.45) is 0 Å². The number of aromatic amines is 1. The smallest absolute Gasteiger partial charge is 0.343 e. The van der Waals surface area contributed by atoms with Crippen molar-refractivity contribution in [1.29, 1.82) is 0 Å². The molecule has 6 nitrogen and oxygen atoms in total. The summed E-state index contributed by atoms with van der Waals surface area (Å²) < 4.78 is 1.41. The average molecular weight is 197 g/mol. The van der Waals surface area contributed by atoms with Gasteiger partial charge in [-0.15, -0.1) is 0 Å². The molecule has 76 valence electrons. The lowest BCUT2D eigenvalue weighted by atomic mass is 9.74. The van der Waals surface area contributed by atoms with Crippen LogP contribution in [-0.2, 0) is 10.3 Å². The lowest BCUT2D eigenvalue weighted by molar-refractivity contribution is -0.140. The van der Waals surface area contributed by atoms with Gasteiger partial charge < -0.3 is 5.11 Å². The molecule has 0 bridgehead atoms. The summed E-state index contributed by atoms with van der Waals surface area (Å²) in [6.45, 7) is 0. The van der Waals surface area contributed by atoms with E-state index >= 15 is 0 Å². The minimum absolute atomic E-state index is 0.00750. The Morgan fingerprint density at radius 2 is 2.43 bits per heavy atom.